The van der Waals surface area contributed by atoms with E-state index in [0.29, 0.717) is 6.42 Å². The first-order valence-electron chi connectivity index (χ1n) is 5.43. The Morgan fingerprint density at radius 2 is 2.00 bits per heavy atom. The Morgan fingerprint density at radius 3 is 2.53 bits per heavy atom. The zero-order chi connectivity index (χ0) is 11.1. The first kappa shape index (κ1) is 12.8. The van der Waals surface area contributed by atoms with Gasteiger partial charge in [-0.25, -0.2) is 0 Å². The summed E-state index contributed by atoms with van der Waals surface area (Å²) in [6.07, 6.45) is 0.346. The van der Waals surface area contributed by atoms with Gasteiger partial charge in [-0.3, -0.25) is 0 Å². The molecule has 0 aromatic rings. The summed E-state index contributed by atoms with van der Waals surface area (Å²) >= 11 is 0. The van der Waals surface area contributed by atoms with Crippen molar-refractivity contribution in [3.8, 4) is 0 Å². The molecule has 0 bridgehead atoms. The third kappa shape index (κ3) is 6.73. The molecule has 1 N–H and O–H groups in total. The maximum atomic E-state index is 11.6. The van der Waals surface area contributed by atoms with E-state index in [4.69, 9.17) is 0 Å². The number of hydrogen-bond donors (Lipinski definition) is 1. The molecule has 0 aromatic heterocycles. The summed E-state index contributed by atoms with van der Waals surface area (Å²) in [5, 5.41) is 3.22. The van der Waals surface area contributed by atoms with Crippen LogP contribution in [0.1, 0.15) is 25.7 Å². The molecule has 0 aromatic carbocycles. The number of halogens is 3. The summed E-state index contributed by atoms with van der Waals surface area (Å²) in [5.74, 6) is 0.793. The van der Waals surface area contributed by atoms with E-state index in [1.165, 1.54) is 19.3 Å². The Bertz CT molecular complexity index is 169. The highest BCUT2D eigenvalue weighted by Gasteiger charge is 2.27. The molecule has 0 amide bonds. The predicted molar refractivity (Wildman–Crippen MR) is 51.7 cm³/mol. The van der Waals surface area contributed by atoms with Crippen molar-refractivity contribution < 1.29 is 17.9 Å². The lowest BCUT2D eigenvalue weighted by atomic mass is 9.85. The van der Waals surface area contributed by atoms with Gasteiger partial charge < -0.3 is 10.1 Å². The smallest absolute Gasteiger partial charge is 0.372 e. The van der Waals surface area contributed by atoms with Crippen LogP contribution in [0.5, 0.6) is 0 Å². The SMILES string of the molecule is FC(F)(F)COCCCNCC1CCC1. The molecule has 2 nitrogen and oxygen atoms in total. The van der Waals surface area contributed by atoms with Crippen molar-refractivity contribution in [1.29, 1.82) is 0 Å². The number of ether oxygens (including phenoxy) is 1. The van der Waals surface area contributed by atoms with Gasteiger partial charge in [0.05, 0.1) is 0 Å². The molecule has 1 aliphatic rings. The van der Waals surface area contributed by atoms with Crippen molar-refractivity contribution in [2.45, 2.75) is 31.9 Å². The Balaban J connectivity index is 1.76. The van der Waals surface area contributed by atoms with E-state index in [-0.39, 0.29) is 6.61 Å². The van der Waals surface area contributed by atoms with Crippen LogP contribution in [0.2, 0.25) is 0 Å². The van der Waals surface area contributed by atoms with E-state index < -0.39 is 12.8 Å². The van der Waals surface area contributed by atoms with E-state index in [1.807, 2.05) is 0 Å². The van der Waals surface area contributed by atoms with Crippen LogP contribution in [0.3, 0.4) is 0 Å². The minimum Gasteiger partial charge on any atom is -0.372 e. The summed E-state index contributed by atoms with van der Waals surface area (Å²) in [7, 11) is 0. The van der Waals surface area contributed by atoms with Gasteiger partial charge in [0, 0.05) is 6.61 Å². The third-order valence-electron chi connectivity index (χ3n) is 2.57. The van der Waals surface area contributed by atoms with Crippen molar-refractivity contribution in [2.24, 2.45) is 5.92 Å². The van der Waals surface area contributed by atoms with Gasteiger partial charge in [0.2, 0.25) is 0 Å². The van der Waals surface area contributed by atoms with Gasteiger partial charge in [-0.2, -0.15) is 13.2 Å². The molecular weight excluding hydrogens is 207 g/mol. The fraction of sp³-hybridized carbons (Fsp3) is 1.00. The molecule has 0 saturated heterocycles. The molecular formula is C10H18F3NO. The van der Waals surface area contributed by atoms with E-state index in [9.17, 15) is 13.2 Å². The third-order valence-corrected chi connectivity index (χ3v) is 2.57. The van der Waals surface area contributed by atoms with Crippen LogP contribution in [0.25, 0.3) is 0 Å². The van der Waals surface area contributed by atoms with Crippen LogP contribution in [-0.2, 0) is 4.74 Å². The topological polar surface area (TPSA) is 21.3 Å². The number of hydrogen-bond acceptors (Lipinski definition) is 2. The van der Waals surface area contributed by atoms with Crippen LogP contribution in [-0.4, -0.2) is 32.5 Å². The van der Waals surface area contributed by atoms with Gasteiger partial charge in [0.25, 0.3) is 0 Å². The monoisotopic (exact) mass is 225 g/mol. The Hall–Kier alpha value is -0.290. The van der Waals surface area contributed by atoms with Gasteiger partial charge >= 0.3 is 6.18 Å². The molecule has 5 heteroatoms. The standard InChI is InChI=1S/C10H18F3NO/c11-10(12,13)8-15-6-2-5-14-7-9-3-1-4-9/h9,14H,1-8H2. The zero-order valence-electron chi connectivity index (χ0n) is 8.78. The maximum Gasteiger partial charge on any atom is 0.411 e. The fourth-order valence-corrected chi connectivity index (χ4v) is 1.49. The molecule has 0 spiro atoms. The van der Waals surface area contributed by atoms with Gasteiger partial charge in [-0.1, -0.05) is 6.42 Å². The van der Waals surface area contributed by atoms with Gasteiger partial charge in [0.15, 0.2) is 0 Å². The predicted octanol–water partition coefficient (Wildman–Crippen LogP) is 2.35. The lowest BCUT2D eigenvalue weighted by Crippen LogP contribution is -2.28. The molecule has 1 rings (SSSR count). The van der Waals surface area contributed by atoms with Crippen molar-refractivity contribution in [3.63, 3.8) is 0 Å². The molecule has 1 saturated carbocycles. The lowest BCUT2D eigenvalue weighted by Gasteiger charge is -2.25. The molecule has 0 atom stereocenters. The molecule has 90 valence electrons. The number of alkyl halides is 3. The van der Waals surface area contributed by atoms with Crippen LogP contribution >= 0.6 is 0 Å². The van der Waals surface area contributed by atoms with Crippen LogP contribution in [0, 0.1) is 5.92 Å². The second-order valence-corrected chi connectivity index (χ2v) is 4.02. The van der Waals surface area contributed by atoms with Gasteiger partial charge in [-0.05, 0) is 38.3 Å². The summed E-state index contributed by atoms with van der Waals surface area (Å²) in [4.78, 5) is 0. The molecule has 15 heavy (non-hydrogen) atoms. The second kappa shape index (κ2) is 6.33. The average molecular weight is 225 g/mol. The summed E-state index contributed by atoms with van der Waals surface area (Å²) < 4.78 is 39.4. The van der Waals surface area contributed by atoms with Crippen LogP contribution < -0.4 is 5.32 Å². The summed E-state index contributed by atoms with van der Waals surface area (Å²) in [5.41, 5.74) is 0. The quantitative estimate of drug-likeness (QED) is 0.671. The number of nitrogens with one attached hydrogen (secondary N) is 1. The van der Waals surface area contributed by atoms with E-state index in [2.05, 4.69) is 10.1 Å². The highest BCUT2D eigenvalue weighted by molar-refractivity contribution is 4.71. The molecule has 1 aliphatic carbocycles. The highest BCUT2D eigenvalue weighted by Crippen LogP contribution is 2.24. The molecule has 1 fully saturated rings. The first-order chi connectivity index (χ1) is 7.08. The zero-order valence-corrected chi connectivity index (χ0v) is 8.78. The highest BCUT2D eigenvalue weighted by atomic mass is 19.4. The van der Waals surface area contributed by atoms with Crippen molar-refractivity contribution >= 4 is 0 Å². The van der Waals surface area contributed by atoms with Gasteiger partial charge in [-0.15, -0.1) is 0 Å². The van der Waals surface area contributed by atoms with Gasteiger partial charge in [0.1, 0.15) is 6.61 Å². The maximum absolute atomic E-state index is 11.6. The lowest BCUT2D eigenvalue weighted by molar-refractivity contribution is -0.173. The minimum absolute atomic E-state index is 0.178. The van der Waals surface area contributed by atoms with Crippen molar-refractivity contribution in [1.82, 2.24) is 5.32 Å². The van der Waals surface area contributed by atoms with Crippen LogP contribution in [0.4, 0.5) is 13.2 Å². The Labute approximate surface area is 88.2 Å². The van der Waals surface area contributed by atoms with Crippen LogP contribution in [0.15, 0.2) is 0 Å². The van der Waals surface area contributed by atoms with E-state index in [1.54, 1.807) is 0 Å². The summed E-state index contributed by atoms with van der Waals surface area (Å²) in [6.45, 7) is 0.792. The van der Waals surface area contributed by atoms with E-state index >= 15 is 0 Å². The molecule has 0 heterocycles. The molecule has 0 unspecified atom stereocenters. The summed E-state index contributed by atoms with van der Waals surface area (Å²) in [6, 6.07) is 0. The average Bonchev–Trinajstić information content (AvgIpc) is 2.04. The number of rotatable bonds is 7. The normalized spacial score (nSPS) is 17.8. The molecule has 0 aliphatic heterocycles. The second-order valence-electron chi connectivity index (χ2n) is 4.02. The Morgan fingerprint density at radius 1 is 1.27 bits per heavy atom. The van der Waals surface area contributed by atoms with Crippen molar-refractivity contribution in [3.05, 3.63) is 0 Å². The van der Waals surface area contributed by atoms with Crippen molar-refractivity contribution in [2.75, 3.05) is 26.3 Å². The largest absolute Gasteiger partial charge is 0.411 e. The molecule has 0 radical (unpaired) electrons. The Kier molecular flexibility index (Phi) is 5.39. The fourth-order valence-electron chi connectivity index (χ4n) is 1.49. The first-order valence-corrected chi connectivity index (χ1v) is 5.43. The van der Waals surface area contributed by atoms with E-state index in [0.717, 1.165) is 19.0 Å². The minimum atomic E-state index is -4.20.